The van der Waals surface area contributed by atoms with Crippen LogP contribution < -0.4 is 15.8 Å². The molecule has 1 heterocycles. The van der Waals surface area contributed by atoms with Gasteiger partial charge in [0.1, 0.15) is 18.3 Å². The smallest absolute Gasteiger partial charge is 0.270 e. The number of nitrogens with one attached hydrogen (secondary N) is 1. The standard InChI is InChI=1S/C18H25N3O4/c1-24-8-9-25-18-13(12-4-5-12)6-7-14(21-18)17(23)20-15(16(19)22)10-11-2-3-11/h6-7,11-12,15H,2-5,8-10H2,1H3,(H2,19,22)(H,20,23)/t15-/m0/s1. The van der Waals surface area contributed by atoms with E-state index < -0.39 is 17.9 Å². The van der Waals surface area contributed by atoms with E-state index in [1.807, 2.05) is 6.07 Å². The largest absolute Gasteiger partial charge is 0.475 e. The molecule has 1 aromatic rings. The first-order chi connectivity index (χ1) is 12.1. The lowest BCUT2D eigenvalue weighted by Crippen LogP contribution is -2.45. The van der Waals surface area contributed by atoms with Gasteiger partial charge in [0.25, 0.3) is 5.91 Å². The molecule has 2 saturated carbocycles. The summed E-state index contributed by atoms with van der Waals surface area (Å²) in [5.41, 5.74) is 6.67. The summed E-state index contributed by atoms with van der Waals surface area (Å²) in [6, 6.07) is 2.92. The molecule has 7 heteroatoms. The van der Waals surface area contributed by atoms with Crippen molar-refractivity contribution in [2.75, 3.05) is 20.3 Å². The lowest BCUT2D eigenvalue weighted by Gasteiger charge is -2.16. The highest BCUT2D eigenvalue weighted by Gasteiger charge is 2.31. The van der Waals surface area contributed by atoms with Crippen LogP contribution in [0.25, 0.3) is 0 Å². The Bertz CT molecular complexity index is 641. The van der Waals surface area contributed by atoms with Crippen LogP contribution in [0.4, 0.5) is 0 Å². The number of hydrogen-bond donors (Lipinski definition) is 2. The van der Waals surface area contributed by atoms with E-state index in [0.717, 1.165) is 31.2 Å². The Morgan fingerprint density at radius 3 is 2.64 bits per heavy atom. The van der Waals surface area contributed by atoms with Gasteiger partial charge in [-0.15, -0.1) is 0 Å². The van der Waals surface area contributed by atoms with E-state index in [-0.39, 0.29) is 5.69 Å². The molecule has 2 aliphatic carbocycles. The molecule has 0 aliphatic heterocycles. The molecule has 0 saturated heterocycles. The fourth-order valence-electron chi connectivity index (χ4n) is 2.79. The number of ether oxygens (including phenoxy) is 2. The molecule has 0 spiro atoms. The summed E-state index contributed by atoms with van der Waals surface area (Å²) in [5, 5.41) is 2.71. The molecule has 0 aromatic carbocycles. The number of rotatable bonds is 10. The zero-order valence-corrected chi connectivity index (χ0v) is 14.5. The second kappa shape index (κ2) is 7.82. The Morgan fingerprint density at radius 2 is 2.04 bits per heavy atom. The van der Waals surface area contributed by atoms with Gasteiger partial charge < -0.3 is 20.5 Å². The van der Waals surface area contributed by atoms with E-state index in [4.69, 9.17) is 15.2 Å². The minimum atomic E-state index is -0.650. The highest BCUT2D eigenvalue weighted by molar-refractivity contribution is 5.96. The zero-order chi connectivity index (χ0) is 17.8. The van der Waals surface area contributed by atoms with Gasteiger partial charge in [0.05, 0.1) is 6.61 Å². The Labute approximate surface area is 147 Å². The molecule has 3 rings (SSSR count). The van der Waals surface area contributed by atoms with Crippen LogP contribution in [0.2, 0.25) is 0 Å². The van der Waals surface area contributed by atoms with Crippen molar-refractivity contribution >= 4 is 11.8 Å². The van der Waals surface area contributed by atoms with Crippen molar-refractivity contribution in [3.05, 3.63) is 23.4 Å². The second-order valence-electron chi connectivity index (χ2n) is 6.81. The number of carbonyl (C=O) groups excluding carboxylic acids is 2. The highest BCUT2D eigenvalue weighted by atomic mass is 16.5. The number of methoxy groups -OCH3 is 1. The first kappa shape index (κ1) is 17.7. The predicted molar refractivity (Wildman–Crippen MR) is 91.4 cm³/mol. The topological polar surface area (TPSA) is 104 Å². The van der Waals surface area contributed by atoms with Crippen LogP contribution in [0.15, 0.2) is 12.1 Å². The minimum absolute atomic E-state index is 0.235. The lowest BCUT2D eigenvalue weighted by atomic mass is 10.1. The SMILES string of the molecule is COCCOc1nc(C(=O)N[C@@H](CC2CC2)C(N)=O)ccc1C1CC1. The summed E-state index contributed by atoms with van der Waals surface area (Å²) in [4.78, 5) is 28.4. The van der Waals surface area contributed by atoms with Crippen LogP contribution >= 0.6 is 0 Å². The molecule has 2 amide bonds. The van der Waals surface area contributed by atoms with Crippen molar-refractivity contribution in [1.82, 2.24) is 10.3 Å². The third kappa shape index (κ3) is 4.92. The van der Waals surface area contributed by atoms with Gasteiger partial charge in [-0.25, -0.2) is 4.98 Å². The fourth-order valence-corrected chi connectivity index (χ4v) is 2.79. The normalized spacial score (nSPS) is 17.8. The molecule has 2 fully saturated rings. The molecule has 0 unspecified atom stereocenters. The van der Waals surface area contributed by atoms with Crippen molar-refractivity contribution in [3.63, 3.8) is 0 Å². The number of primary amides is 1. The van der Waals surface area contributed by atoms with E-state index in [1.54, 1.807) is 13.2 Å². The molecule has 0 radical (unpaired) electrons. The third-order valence-electron chi connectivity index (χ3n) is 4.58. The van der Waals surface area contributed by atoms with Crippen molar-refractivity contribution in [3.8, 4) is 5.88 Å². The van der Waals surface area contributed by atoms with Crippen molar-refractivity contribution in [2.45, 2.75) is 44.1 Å². The van der Waals surface area contributed by atoms with E-state index in [0.29, 0.717) is 37.4 Å². The van der Waals surface area contributed by atoms with Gasteiger partial charge in [-0.3, -0.25) is 9.59 Å². The van der Waals surface area contributed by atoms with Crippen LogP contribution in [-0.4, -0.2) is 43.2 Å². The van der Waals surface area contributed by atoms with Crippen LogP contribution in [-0.2, 0) is 9.53 Å². The first-order valence-corrected chi connectivity index (χ1v) is 8.81. The summed E-state index contributed by atoms with van der Waals surface area (Å²) in [7, 11) is 1.60. The number of pyridine rings is 1. The molecule has 136 valence electrons. The van der Waals surface area contributed by atoms with Gasteiger partial charge in [0.15, 0.2) is 0 Å². The molecule has 1 aromatic heterocycles. The van der Waals surface area contributed by atoms with Crippen molar-refractivity contribution in [2.24, 2.45) is 11.7 Å². The molecule has 7 nitrogen and oxygen atoms in total. The summed E-state index contributed by atoms with van der Waals surface area (Å²) in [6.07, 6.45) is 4.99. The number of carbonyl (C=O) groups is 2. The van der Waals surface area contributed by atoms with Gasteiger partial charge in [-0.05, 0) is 37.2 Å². The van der Waals surface area contributed by atoms with E-state index >= 15 is 0 Å². The fraction of sp³-hybridized carbons (Fsp3) is 0.611. The number of nitrogens with two attached hydrogens (primary N) is 1. The van der Waals surface area contributed by atoms with Gasteiger partial charge in [0, 0.05) is 12.7 Å². The Morgan fingerprint density at radius 1 is 1.28 bits per heavy atom. The Hall–Kier alpha value is -2.15. The molecule has 25 heavy (non-hydrogen) atoms. The molecule has 1 atom stereocenters. The van der Waals surface area contributed by atoms with Crippen molar-refractivity contribution < 1.29 is 19.1 Å². The number of nitrogens with zero attached hydrogens (tertiary/aromatic N) is 1. The number of hydrogen-bond acceptors (Lipinski definition) is 5. The van der Waals surface area contributed by atoms with E-state index in [1.165, 1.54) is 0 Å². The zero-order valence-electron chi connectivity index (χ0n) is 14.5. The van der Waals surface area contributed by atoms with Gasteiger partial charge in [-0.1, -0.05) is 18.9 Å². The first-order valence-electron chi connectivity index (χ1n) is 8.81. The second-order valence-corrected chi connectivity index (χ2v) is 6.81. The summed E-state index contributed by atoms with van der Waals surface area (Å²) in [5.74, 6) is 0.506. The van der Waals surface area contributed by atoms with Crippen LogP contribution in [0.3, 0.4) is 0 Å². The predicted octanol–water partition coefficient (Wildman–Crippen LogP) is 1.37. The average Bonchev–Trinajstić information content (AvgIpc) is 3.47. The maximum absolute atomic E-state index is 12.5. The highest BCUT2D eigenvalue weighted by Crippen LogP contribution is 2.43. The Kier molecular flexibility index (Phi) is 5.53. The Balaban J connectivity index is 1.70. The lowest BCUT2D eigenvalue weighted by molar-refractivity contribution is -0.120. The van der Waals surface area contributed by atoms with Gasteiger partial charge >= 0.3 is 0 Å². The quantitative estimate of drug-likeness (QED) is 0.622. The molecule has 0 bridgehead atoms. The molecule has 2 aliphatic rings. The maximum atomic E-state index is 12.5. The van der Waals surface area contributed by atoms with Gasteiger partial charge in [-0.2, -0.15) is 0 Å². The van der Waals surface area contributed by atoms with Crippen molar-refractivity contribution in [1.29, 1.82) is 0 Å². The third-order valence-corrected chi connectivity index (χ3v) is 4.58. The van der Waals surface area contributed by atoms with Crippen LogP contribution in [0, 0.1) is 5.92 Å². The number of amides is 2. The number of aromatic nitrogens is 1. The molecular formula is C18H25N3O4. The van der Waals surface area contributed by atoms with E-state index in [2.05, 4.69) is 10.3 Å². The summed E-state index contributed by atoms with van der Waals surface area (Å²) in [6.45, 7) is 0.827. The van der Waals surface area contributed by atoms with Gasteiger partial charge in [0.2, 0.25) is 11.8 Å². The summed E-state index contributed by atoms with van der Waals surface area (Å²) >= 11 is 0. The van der Waals surface area contributed by atoms with Crippen LogP contribution in [0.5, 0.6) is 5.88 Å². The summed E-state index contributed by atoms with van der Waals surface area (Å²) < 4.78 is 10.7. The maximum Gasteiger partial charge on any atom is 0.270 e. The van der Waals surface area contributed by atoms with Crippen LogP contribution in [0.1, 0.15) is 54.1 Å². The van der Waals surface area contributed by atoms with E-state index in [9.17, 15) is 9.59 Å². The minimum Gasteiger partial charge on any atom is -0.475 e. The molecular weight excluding hydrogens is 322 g/mol. The monoisotopic (exact) mass is 347 g/mol. The average molecular weight is 347 g/mol. The molecule has 3 N–H and O–H groups in total.